The van der Waals surface area contributed by atoms with Crippen LogP contribution in [0.15, 0.2) is 39.9 Å². The van der Waals surface area contributed by atoms with Gasteiger partial charge in [-0.25, -0.2) is 13.1 Å². The summed E-state index contributed by atoms with van der Waals surface area (Å²) in [5, 5.41) is 1.71. The zero-order chi connectivity index (χ0) is 17.0. The molecule has 1 aromatic heterocycles. The van der Waals surface area contributed by atoms with Crippen molar-refractivity contribution in [2.24, 2.45) is 0 Å². The predicted molar refractivity (Wildman–Crippen MR) is 93.5 cm³/mol. The lowest BCUT2D eigenvalue weighted by atomic mass is 10.1. The van der Waals surface area contributed by atoms with E-state index in [0.717, 1.165) is 28.2 Å². The van der Waals surface area contributed by atoms with Crippen LogP contribution in [0.4, 0.5) is 5.69 Å². The van der Waals surface area contributed by atoms with Gasteiger partial charge in [0.15, 0.2) is 0 Å². The number of nitrogens with zero attached hydrogens (tertiary/aromatic N) is 1. The fourth-order valence-corrected chi connectivity index (χ4v) is 4.39. The van der Waals surface area contributed by atoms with Crippen molar-refractivity contribution in [1.82, 2.24) is 4.72 Å². The Labute approximate surface area is 141 Å². The molecule has 2 rings (SSSR count). The van der Waals surface area contributed by atoms with Gasteiger partial charge in [-0.1, -0.05) is 23.8 Å². The molecule has 0 unspecified atom stereocenters. The number of sulfonamides is 1. The molecule has 124 valence electrons. The normalized spacial score (nSPS) is 11.4. The van der Waals surface area contributed by atoms with Crippen molar-refractivity contribution in [1.29, 1.82) is 0 Å². The first-order valence-corrected chi connectivity index (χ1v) is 9.56. The van der Waals surface area contributed by atoms with Crippen molar-refractivity contribution >= 4 is 33.0 Å². The Morgan fingerprint density at radius 3 is 2.57 bits per heavy atom. The van der Waals surface area contributed by atoms with E-state index in [0.29, 0.717) is 0 Å². The maximum Gasteiger partial charge on any atom is 0.250 e. The average molecular weight is 352 g/mol. The quantitative estimate of drug-likeness (QED) is 0.869. The molecule has 0 radical (unpaired) electrons. The van der Waals surface area contributed by atoms with Crippen LogP contribution in [0.1, 0.15) is 18.1 Å². The van der Waals surface area contributed by atoms with E-state index < -0.39 is 10.0 Å². The molecule has 7 heteroatoms. The van der Waals surface area contributed by atoms with Crippen molar-refractivity contribution < 1.29 is 13.2 Å². The van der Waals surface area contributed by atoms with Gasteiger partial charge in [0, 0.05) is 25.7 Å². The molecule has 0 aliphatic carbocycles. The third-order valence-corrected chi connectivity index (χ3v) is 6.27. The number of thiophene rings is 1. The zero-order valence-corrected chi connectivity index (χ0v) is 15.0. The van der Waals surface area contributed by atoms with Crippen LogP contribution >= 0.6 is 11.3 Å². The topological polar surface area (TPSA) is 66.5 Å². The summed E-state index contributed by atoms with van der Waals surface area (Å²) in [4.78, 5) is 13.5. The summed E-state index contributed by atoms with van der Waals surface area (Å²) >= 11 is 1.16. The highest BCUT2D eigenvalue weighted by Crippen LogP contribution is 2.21. The van der Waals surface area contributed by atoms with Gasteiger partial charge in [-0.2, -0.15) is 0 Å². The number of amides is 1. The molecule has 0 atom stereocenters. The average Bonchev–Trinajstić information content (AvgIpc) is 2.99. The van der Waals surface area contributed by atoms with Gasteiger partial charge in [0.2, 0.25) is 15.9 Å². The highest BCUT2D eigenvalue weighted by Gasteiger charge is 2.17. The number of aryl methyl sites for hydroxylation is 2. The van der Waals surface area contributed by atoms with Gasteiger partial charge < -0.3 is 4.90 Å². The molecular formula is C16H20N2O3S2. The first-order valence-electron chi connectivity index (χ1n) is 7.20. The van der Waals surface area contributed by atoms with Crippen LogP contribution in [0, 0.1) is 13.8 Å². The van der Waals surface area contributed by atoms with Crippen LogP contribution in [0.25, 0.3) is 0 Å². The highest BCUT2D eigenvalue weighted by molar-refractivity contribution is 7.91. The largest absolute Gasteiger partial charge is 0.311 e. The van der Waals surface area contributed by atoms with E-state index in [-0.39, 0.29) is 23.2 Å². The molecule has 0 aliphatic heterocycles. The van der Waals surface area contributed by atoms with Gasteiger partial charge in [0.25, 0.3) is 0 Å². The predicted octanol–water partition coefficient (Wildman–Crippen LogP) is 2.70. The molecule has 1 heterocycles. The molecule has 2 aromatic rings. The summed E-state index contributed by atoms with van der Waals surface area (Å²) < 4.78 is 27.0. The van der Waals surface area contributed by atoms with E-state index in [1.807, 2.05) is 32.0 Å². The van der Waals surface area contributed by atoms with E-state index in [1.54, 1.807) is 22.4 Å². The van der Waals surface area contributed by atoms with Gasteiger partial charge in [-0.3, -0.25) is 4.79 Å². The standard InChI is InChI=1S/C16H20N2O3S2/c1-12-6-7-15(13(2)11-12)18(14(3)19)9-8-17-23(20,21)16-5-4-10-22-16/h4-7,10-11,17H,8-9H2,1-3H3. The molecule has 0 saturated heterocycles. The summed E-state index contributed by atoms with van der Waals surface area (Å²) in [6.45, 7) is 5.85. The first kappa shape index (κ1) is 17.7. The Morgan fingerprint density at radius 2 is 2.00 bits per heavy atom. The smallest absolute Gasteiger partial charge is 0.250 e. The number of carbonyl (C=O) groups excluding carboxylic acids is 1. The van der Waals surface area contributed by atoms with Crippen molar-refractivity contribution in [3.8, 4) is 0 Å². The molecule has 5 nitrogen and oxygen atoms in total. The molecule has 1 N–H and O–H groups in total. The number of carbonyl (C=O) groups is 1. The van der Waals surface area contributed by atoms with E-state index in [4.69, 9.17) is 0 Å². The maximum absolute atomic E-state index is 12.1. The molecular weight excluding hydrogens is 332 g/mol. The maximum atomic E-state index is 12.1. The number of benzene rings is 1. The fourth-order valence-electron chi connectivity index (χ4n) is 2.34. The molecule has 0 fully saturated rings. The van der Waals surface area contributed by atoms with Gasteiger partial charge in [-0.15, -0.1) is 11.3 Å². The van der Waals surface area contributed by atoms with Crippen LogP contribution in [0.2, 0.25) is 0 Å². The van der Waals surface area contributed by atoms with Crippen molar-refractivity contribution in [3.05, 3.63) is 46.8 Å². The molecule has 1 aromatic carbocycles. The number of nitrogens with one attached hydrogen (secondary N) is 1. The monoisotopic (exact) mass is 352 g/mol. The molecule has 23 heavy (non-hydrogen) atoms. The third-order valence-electron chi connectivity index (χ3n) is 3.41. The molecule has 0 bridgehead atoms. The molecule has 0 aliphatic rings. The molecule has 0 spiro atoms. The Hall–Kier alpha value is -1.70. The van der Waals surface area contributed by atoms with Crippen molar-refractivity contribution in [2.45, 2.75) is 25.0 Å². The van der Waals surface area contributed by atoms with E-state index in [2.05, 4.69) is 4.72 Å². The number of hydrogen-bond acceptors (Lipinski definition) is 4. The number of rotatable bonds is 6. The summed E-state index contributed by atoms with van der Waals surface area (Å²) in [6.07, 6.45) is 0. The summed E-state index contributed by atoms with van der Waals surface area (Å²) in [5.74, 6) is -0.118. The minimum absolute atomic E-state index is 0.118. The van der Waals surface area contributed by atoms with Crippen LogP contribution in [-0.4, -0.2) is 27.4 Å². The zero-order valence-electron chi connectivity index (χ0n) is 13.4. The van der Waals surface area contributed by atoms with Crippen molar-refractivity contribution in [2.75, 3.05) is 18.0 Å². The van der Waals surface area contributed by atoms with Crippen molar-refractivity contribution in [3.63, 3.8) is 0 Å². The lowest BCUT2D eigenvalue weighted by Gasteiger charge is -2.23. The minimum atomic E-state index is -3.51. The summed E-state index contributed by atoms with van der Waals surface area (Å²) in [6, 6.07) is 9.08. The Morgan fingerprint density at radius 1 is 1.26 bits per heavy atom. The third kappa shape index (κ3) is 4.40. The van der Waals surface area contributed by atoms with Crippen LogP contribution in [-0.2, 0) is 14.8 Å². The second kappa shape index (κ2) is 7.25. The minimum Gasteiger partial charge on any atom is -0.311 e. The highest BCUT2D eigenvalue weighted by atomic mass is 32.2. The summed E-state index contributed by atoms with van der Waals surface area (Å²) in [7, 11) is -3.51. The number of anilines is 1. The van der Waals surface area contributed by atoms with Gasteiger partial charge >= 0.3 is 0 Å². The van der Waals surface area contributed by atoms with Gasteiger partial charge in [0.05, 0.1) is 0 Å². The number of hydrogen-bond donors (Lipinski definition) is 1. The van der Waals surface area contributed by atoms with Gasteiger partial charge in [-0.05, 0) is 36.9 Å². The van der Waals surface area contributed by atoms with Crippen LogP contribution < -0.4 is 9.62 Å². The van der Waals surface area contributed by atoms with Crippen LogP contribution in [0.5, 0.6) is 0 Å². The van der Waals surface area contributed by atoms with Crippen LogP contribution in [0.3, 0.4) is 0 Å². The molecule has 1 amide bonds. The second-order valence-corrected chi connectivity index (χ2v) is 8.23. The second-order valence-electron chi connectivity index (χ2n) is 5.29. The Bertz CT molecular complexity index is 784. The SMILES string of the molecule is CC(=O)N(CCNS(=O)(=O)c1cccs1)c1ccc(C)cc1C. The van der Waals surface area contributed by atoms with E-state index in [9.17, 15) is 13.2 Å². The lowest BCUT2D eigenvalue weighted by molar-refractivity contribution is -0.116. The Balaban J connectivity index is 2.08. The first-order chi connectivity index (χ1) is 10.8. The molecule has 0 saturated carbocycles. The van der Waals surface area contributed by atoms with Gasteiger partial charge in [0.1, 0.15) is 4.21 Å². The fraction of sp³-hybridized carbons (Fsp3) is 0.312. The lowest BCUT2D eigenvalue weighted by Crippen LogP contribution is -2.37. The Kier molecular flexibility index (Phi) is 5.56. The summed E-state index contributed by atoms with van der Waals surface area (Å²) in [5.41, 5.74) is 2.91. The van der Waals surface area contributed by atoms with E-state index in [1.165, 1.54) is 6.92 Å². The van der Waals surface area contributed by atoms with E-state index >= 15 is 0 Å².